The van der Waals surface area contributed by atoms with E-state index < -0.39 is 28.1 Å². The van der Waals surface area contributed by atoms with Gasteiger partial charge in [0.15, 0.2) is 0 Å². The SMILES string of the molecule is Cc1ccc(S(=O)(=O)Nc2cnc(N3CCC(N4CCCCC4)CC3)c(C(=O)O)c2)cc1C.O=C(O)C(F)(F)F. The summed E-state index contributed by atoms with van der Waals surface area (Å²) in [5.41, 5.74) is 2.01. The van der Waals surface area contributed by atoms with Crippen molar-refractivity contribution in [3.05, 3.63) is 47.2 Å². The normalized spacial score (nSPS) is 17.1. The fourth-order valence-corrected chi connectivity index (χ4v) is 5.86. The number of hydrogen-bond donors (Lipinski definition) is 3. The number of halogens is 3. The van der Waals surface area contributed by atoms with Crippen LogP contribution in [0, 0.1) is 13.8 Å². The van der Waals surface area contributed by atoms with E-state index >= 15 is 0 Å². The highest BCUT2D eigenvalue weighted by Gasteiger charge is 2.38. The number of alkyl halides is 3. The number of carbonyl (C=O) groups is 2. The van der Waals surface area contributed by atoms with Gasteiger partial charge in [-0.25, -0.2) is 23.0 Å². The Morgan fingerprint density at radius 1 is 0.975 bits per heavy atom. The van der Waals surface area contributed by atoms with Gasteiger partial charge in [0, 0.05) is 19.1 Å². The van der Waals surface area contributed by atoms with Crippen LogP contribution in [0.25, 0.3) is 0 Å². The molecule has 0 unspecified atom stereocenters. The van der Waals surface area contributed by atoms with Gasteiger partial charge in [-0.1, -0.05) is 12.5 Å². The summed E-state index contributed by atoms with van der Waals surface area (Å²) >= 11 is 0. The lowest BCUT2D eigenvalue weighted by Crippen LogP contribution is -2.47. The molecule has 0 radical (unpaired) electrons. The van der Waals surface area contributed by atoms with Crippen molar-refractivity contribution in [2.45, 2.75) is 63.1 Å². The molecule has 0 aliphatic carbocycles. The van der Waals surface area contributed by atoms with Gasteiger partial charge in [0.05, 0.1) is 16.8 Å². The molecule has 0 spiro atoms. The van der Waals surface area contributed by atoms with Crippen molar-refractivity contribution in [3.8, 4) is 0 Å². The average Bonchev–Trinajstić information content (AvgIpc) is 2.90. The molecule has 0 atom stereocenters. The minimum Gasteiger partial charge on any atom is -0.478 e. The van der Waals surface area contributed by atoms with Gasteiger partial charge in [-0.15, -0.1) is 0 Å². The molecular formula is C26H33F3N4O6S. The van der Waals surface area contributed by atoms with Gasteiger partial charge in [-0.2, -0.15) is 13.2 Å². The van der Waals surface area contributed by atoms with Crippen LogP contribution in [0.1, 0.15) is 53.6 Å². The van der Waals surface area contributed by atoms with Crippen molar-refractivity contribution in [3.63, 3.8) is 0 Å². The number of hydrogen-bond acceptors (Lipinski definition) is 7. The van der Waals surface area contributed by atoms with E-state index in [-0.39, 0.29) is 16.1 Å². The highest BCUT2D eigenvalue weighted by atomic mass is 32.2. The van der Waals surface area contributed by atoms with Gasteiger partial charge in [0.2, 0.25) is 0 Å². The summed E-state index contributed by atoms with van der Waals surface area (Å²) in [6.45, 7) is 7.54. The van der Waals surface area contributed by atoms with Gasteiger partial charge < -0.3 is 20.0 Å². The molecule has 14 heteroatoms. The number of anilines is 2. The van der Waals surface area contributed by atoms with Crippen molar-refractivity contribution >= 4 is 33.5 Å². The largest absolute Gasteiger partial charge is 0.490 e. The Morgan fingerprint density at radius 3 is 2.10 bits per heavy atom. The summed E-state index contributed by atoms with van der Waals surface area (Å²) in [6.07, 6.45) is 2.08. The third-order valence-electron chi connectivity index (χ3n) is 7.05. The van der Waals surface area contributed by atoms with E-state index in [4.69, 9.17) is 9.90 Å². The van der Waals surface area contributed by atoms with Gasteiger partial charge >= 0.3 is 18.1 Å². The van der Waals surface area contributed by atoms with Crippen LogP contribution in [0.3, 0.4) is 0 Å². The van der Waals surface area contributed by atoms with Gasteiger partial charge in [-0.05, 0) is 81.9 Å². The molecule has 0 saturated carbocycles. The fourth-order valence-electron chi connectivity index (χ4n) is 4.74. The Labute approximate surface area is 230 Å². The van der Waals surface area contributed by atoms with Crippen molar-refractivity contribution in [1.29, 1.82) is 0 Å². The van der Waals surface area contributed by atoms with Gasteiger partial charge in [0.25, 0.3) is 10.0 Å². The second-order valence-electron chi connectivity index (χ2n) is 9.87. The van der Waals surface area contributed by atoms with E-state index in [9.17, 15) is 31.5 Å². The van der Waals surface area contributed by atoms with E-state index in [0.717, 1.165) is 50.1 Å². The number of aliphatic carboxylic acids is 1. The predicted octanol–water partition coefficient (Wildman–Crippen LogP) is 4.29. The maximum absolute atomic E-state index is 12.8. The van der Waals surface area contributed by atoms with Crippen LogP contribution in [0.2, 0.25) is 0 Å². The first-order valence-corrected chi connectivity index (χ1v) is 14.3. The lowest BCUT2D eigenvalue weighted by Gasteiger charge is -2.40. The van der Waals surface area contributed by atoms with Crippen molar-refractivity contribution < 1.29 is 41.4 Å². The molecule has 2 aromatic rings. The molecule has 4 rings (SSSR count). The second kappa shape index (κ2) is 12.9. The Balaban J connectivity index is 0.000000559. The first kappa shape index (κ1) is 31.1. The number of nitrogens with one attached hydrogen (secondary N) is 1. The number of carboxylic acids is 2. The standard InChI is InChI=1S/C24H32N4O4S.C2HF3O2/c1-17-6-7-21(14-18(17)2)33(31,32)26-19-15-22(24(29)30)23(25-16-19)28-12-8-20(9-13-28)27-10-4-3-5-11-27;3-2(4,5)1(6)7/h6-7,14-16,20,26H,3-5,8-13H2,1-2H3,(H,29,30);(H,6,7). The smallest absolute Gasteiger partial charge is 0.478 e. The van der Waals surface area contributed by atoms with E-state index in [1.54, 1.807) is 12.1 Å². The van der Waals surface area contributed by atoms with Crippen molar-refractivity contribution in [2.24, 2.45) is 0 Å². The van der Waals surface area contributed by atoms with Crippen LogP contribution >= 0.6 is 0 Å². The number of carboxylic acid groups (broad SMARTS) is 2. The second-order valence-corrected chi connectivity index (χ2v) is 11.6. The van der Waals surface area contributed by atoms with E-state index in [1.807, 2.05) is 18.7 Å². The average molecular weight is 587 g/mol. The molecule has 2 saturated heterocycles. The minimum atomic E-state index is -5.08. The molecule has 2 aliphatic rings. The van der Waals surface area contributed by atoms with E-state index in [0.29, 0.717) is 11.9 Å². The van der Waals surface area contributed by atoms with E-state index in [2.05, 4.69) is 14.6 Å². The maximum atomic E-state index is 12.8. The zero-order chi connectivity index (χ0) is 29.7. The highest BCUT2D eigenvalue weighted by Crippen LogP contribution is 2.28. The molecule has 3 heterocycles. The molecule has 0 amide bonds. The van der Waals surface area contributed by atoms with Gasteiger partial charge in [-0.3, -0.25) is 4.72 Å². The lowest BCUT2D eigenvalue weighted by molar-refractivity contribution is -0.192. The van der Waals surface area contributed by atoms with Crippen LogP contribution in [-0.4, -0.2) is 78.9 Å². The number of sulfonamides is 1. The maximum Gasteiger partial charge on any atom is 0.490 e. The van der Waals surface area contributed by atoms with Crippen LogP contribution in [0.5, 0.6) is 0 Å². The number of rotatable bonds is 6. The summed E-state index contributed by atoms with van der Waals surface area (Å²) in [5, 5.41) is 16.9. The predicted molar refractivity (Wildman–Crippen MR) is 142 cm³/mol. The quantitative estimate of drug-likeness (QED) is 0.452. The molecule has 1 aromatic carbocycles. The van der Waals surface area contributed by atoms with Crippen LogP contribution in [-0.2, 0) is 14.8 Å². The first-order chi connectivity index (χ1) is 18.7. The summed E-state index contributed by atoms with van der Waals surface area (Å²) in [4.78, 5) is 30.0. The zero-order valence-corrected chi connectivity index (χ0v) is 23.1. The number of pyridine rings is 1. The zero-order valence-electron chi connectivity index (χ0n) is 22.2. The molecule has 0 bridgehead atoms. The number of piperidine rings is 2. The molecule has 2 aliphatic heterocycles. The first-order valence-electron chi connectivity index (χ1n) is 12.8. The molecular weight excluding hydrogens is 553 g/mol. The Kier molecular flexibility index (Phi) is 10.0. The van der Waals surface area contributed by atoms with E-state index in [1.165, 1.54) is 37.6 Å². The molecule has 220 valence electrons. The number of nitrogens with zero attached hydrogens (tertiary/aromatic N) is 3. The Hall–Kier alpha value is -3.39. The topological polar surface area (TPSA) is 140 Å². The van der Waals surface area contributed by atoms with Crippen molar-refractivity contribution in [2.75, 3.05) is 35.8 Å². The molecule has 1 aromatic heterocycles. The fraction of sp³-hybridized carbons (Fsp3) is 0.500. The van der Waals surface area contributed by atoms with Crippen molar-refractivity contribution in [1.82, 2.24) is 9.88 Å². The third-order valence-corrected chi connectivity index (χ3v) is 8.43. The number of aryl methyl sites for hydroxylation is 2. The summed E-state index contributed by atoms with van der Waals surface area (Å²) < 4.78 is 59.8. The Morgan fingerprint density at radius 2 is 1.57 bits per heavy atom. The number of likely N-dealkylation sites (tertiary alicyclic amines) is 1. The lowest BCUT2D eigenvalue weighted by atomic mass is 9.99. The number of aromatic nitrogens is 1. The highest BCUT2D eigenvalue weighted by molar-refractivity contribution is 7.92. The van der Waals surface area contributed by atoms with Gasteiger partial charge in [0.1, 0.15) is 11.4 Å². The van der Waals surface area contributed by atoms with Crippen LogP contribution in [0.15, 0.2) is 35.4 Å². The minimum absolute atomic E-state index is 0.00621. The third kappa shape index (κ3) is 8.07. The summed E-state index contributed by atoms with van der Waals surface area (Å²) in [6, 6.07) is 6.79. The number of aromatic carboxylic acids is 1. The Bertz CT molecular complexity index is 1320. The van der Waals surface area contributed by atoms with Crippen LogP contribution in [0.4, 0.5) is 24.7 Å². The summed E-state index contributed by atoms with van der Waals surface area (Å²) in [7, 11) is -3.85. The van der Waals surface area contributed by atoms with Crippen LogP contribution < -0.4 is 9.62 Å². The summed E-state index contributed by atoms with van der Waals surface area (Å²) in [5.74, 6) is -3.48. The molecule has 10 nitrogen and oxygen atoms in total. The molecule has 40 heavy (non-hydrogen) atoms. The molecule has 2 fully saturated rings. The number of benzene rings is 1. The monoisotopic (exact) mass is 586 g/mol. The molecule has 3 N–H and O–H groups in total.